The molecule has 0 aliphatic rings. The maximum atomic E-state index is 4.56. The van der Waals surface area contributed by atoms with Crippen LogP contribution in [0.1, 0.15) is 0 Å². The van der Waals surface area contributed by atoms with Crippen LogP contribution >= 0.6 is 12.4 Å². The summed E-state index contributed by atoms with van der Waals surface area (Å²) in [6.07, 6.45) is 10.7. The van der Waals surface area contributed by atoms with E-state index in [0.717, 1.165) is 22.6 Å². The van der Waals surface area contributed by atoms with Gasteiger partial charge in [0, 0.05) is 47.9 Å². The van der Waals surface area contributed by atoms with E-state index in [1.165, 1.54) is 0 Å². The highest BCUT2D eigenvalue weighted by Crippen LogP contribution is 2.20. The van der Waals surface area contributed by atoms with E-state index in [2.05, 4.69) is 25.3 Å². The third-order valence-electron chi connectivity index (χ3n) is 3.54. The average molecular weight is 351 g/mol. The minimum atomic E-state index is 0. The van der Waals surface area contributed by atoms with Crippen molar-refractivity contribution in [2.45, 2.75) is 0 Å². The first-order valence-corrected chi connectivity index (χ1v) is 7.47. The fourth-order valence-corrected chi connectivity index (χ4v) is 2.39. The number of aromatic nitrogens is 5. The minimum absolute atomic E-state index is 0. The third kappa shape index (κ3) is 3.81. The van der Waals surface area contributed by atoms with Crippen LogP contribution in [0, 0.1) is 0 Å². The van der Waals surface area contributed by atoms with Gasteiger partial charge in [0.2, 0.25) is 5.95 Å². The Morgan fingerprint density at radius 2 is 1.76 bits per heavy atom. The van der Waals surface area contributed by atoms with Crippen molar-refractivity contribution in [2.75, 3.05) is 5.32 Å². The van der Waals surface area contributed by atoms with Crippen molar-refractivity contribution in [3.8, 4) is 16.9 Å². The van der Waals surface area contributed by atoms with E-state index in [1.807, 2.05) is 53.2 Å². The normalized spacial score (nSPS) is 10.1. The zero-order valence-electron chi connectivity index (χ0n) is 13.1. The molecule has 1 aromatic carbocycles. The van der Waals surface area contributed by atoms with Gasteiger partial charge in [0.25, 0.3) is 0 Å². The highest BCUT2D eigenvalue weighted by atomic mass is 35.5. The monoisotopic (exact) mass is 350 g/mol. The smallest absolute Gasteiger partial charge is 0.227 e. The van der Waals surface area contributed by atoms with Gasteiger partial charge < -0.3 is 9.88 Å². The molecule has 3 heterocycles. The Labute approximate surface area is 151 Å². The molecule has 0 unspecified atom stereocenters. The summed E-state index contributed by atoms with van der Waals surface area (Å²) in [6, 6.07) is 13.7. The van der Waals surface area contributed by atoms with Crippen LogP contribution in [0.2, 0.25) is 0 Å². The van der Waals surface area contributed by atoms with Gasteiger partial charge in [-0.25, -0.2) is 15.0 Å². The van der Waals surface area contributed by atoms with Crippen LogP contribution in [0.25, 0.3) is 16.9 Å². The largest absolute Gasteiger partial charge is 0.324 e. The third-order valence-corrected chi connectivity index (χ3v) is 3.54. The molecule has 6 nitrogen and oxygen atoms in total. The van der Waals surface area contributed by atoms with Gasteiger partial charge in [-0.15, -0.1) is 12.4 Å². The molecule has 0 radical (unpaired) electrons. The van der Waals surface area contributed by atoms with Gasteiger partial charge in [0.15, 0.2) is 0 Å². The fourth-order valence-electron chi connectivity index (χ4n) is 2.39. The molecule has 0 saturated heterocycles. The Morgan fingerprint density at radius 1 is 0.880 bits per heavy atom. The number of hydrogen-bond donors (Lipinski definition) is 1. The molecule has 0 aliphatic carbocycles. The standard InChI is InChI=1S/C18H14N6.ClH/c1-2-15(12-16(3-1)24-11-10-20-13-24)22-18-21-9-6-17(23-18)14-4-7-19-8-5-14;/h1-13H,(H,21,22,23);1H. The Bertz CT molecular complexity index is 941. The molecular formula is C18H15ClN6. The lowest BCUT2D eigenvalue weighted by atomic mass is 10.2. The summed E-state index contributed by atoms with van der Waals surface area (Å²) in [6.45, 7) is 0. The van der Waals surface area contributed by atoms with Gasteiger partial charge in [0.05, 0.1) is 12.0 Å². The number of nitrogens with one attached hydrogen (secondary N) is 1. The van der Waals surface area contributed by atoms with Crippen LogP contribution < -0.4 is 5.32 Å². The van der Waals surface area contributed by atoms with E-state index >= 15 is 0 Å². The maximum Gasteiger partial charge on any atom is 0.227 e. The summed E-state index contributed by atoms with van der Waals surface area (Å²) in [5.74, 6) is 0.548. The molecule has 0 amide bonds. The SMILES string of the molecule is Cl.c1cc(Nc2nccc(-c3ccncc3)n2)cc(-n2ccnc2)c1. The summed E-state index contributed by atoms with van der Waals surface area (Å²) < 4.78 is 1.94. The molecule has 4 rings (SSSR count). The lowest BCUT2D eigenvalue weighted by Crippen LogP contribution is -1.99. The summed E-state index contributed by atoms with van der Waals surface area (Å²) in [5.41, 5.74) is 3.78. The van der Waals surface area contributed by atoms with Crippen LogP contribution in [0.15, 0.2) is 79.8 Å². The number of hydrogen-bond acceptors (Lipinski definition) is 5. The van der Waals surface area contributed by atoms with Crippen molar-refractivity contribution in [2.24, 2.45) is 0 Å². The van der Waals surface area contributed by atoms with E-state index in [4.69, 9.17) is 0 Å². The lowest BCUT2D eigenvalue weighted by molar-refractivity contribution is 1.06. The molecule has 0 atom stereocenters. The van der Waals surface area contributed by atoms with E-state index in [0.29, 0.717) is 5.95 Å². The molecule has 0 spiro atoms. The topological polar surface area (TPSA) is 68.5 Å². The van der Waals surface area contributed by atoms with Crippen LogP contribution in [0.3, 0.4) is 0 Å². The van der Waals surface area contributed by atoms with Gasteiger partial charge in [0.1, 0.15) is 0 Å². The van der Waals surface area contributed by atoms with Crippen molar-refractivity contribution < 1.29 is 0 Å². The van der Waals surface area contributed by atoms with Crippen LogP contribution in [0.4, 0.5) is 11.6 Å². The number of halogens is 1. The van der Waals surface area contributed by atoms with E-state index in [1.54, 1.807) is 31.1 Å². The maximum absolute atomic E-state index is 4.56. The summed E-state index contributed by atoms with van der Waals surface area (Å²) in [7, 11) is 0. The van der Waals surface area contributed by atoms with Gasteiger partial charge in [-0.2, -0.15) is 0 Å². The van der Waals surface area contributed by atoms with Crippen LogP contribution in [-0.2, 0) is 0 Å². The van der Waals surface area contributed by atoms with Crippen molar-refractivity contribution in [3.05, 3.63) is 79.8 Å². The first-order valence-electron chi connectivity index (χ1n) is 7.47. The molecule has 4 aromatic rings. The first-order chi connectivity index (χ1) is 11.9. The van der Waals surface area contributed by atoms with Crippen molar-refractivity contribution >= 4 is 24.0 Å². The number of pyridine rings is 1. The molecule has 7 heteroatoms. The summed E-state index contributed by atoms with van der Waals surface area (Å²) in [5, 5.41) is 3.24. The summed E-state index contributed by atoms with van der Waals surface area (Å²) in [4.78, 5) is 17.0. The summed E-state index contributed by atoms with van der Waals surface area (Å²) >= 11 is 0. The van der Waals surface area contributed by atoms with E-state index in [9.17, 15) is 0 Å². The Hall–Kier alpha value is -3.25. The molecule has 1 N–H and O–H groups in total. The Kier molecular flexibility index (Phi) is 5.01. The zero-order valence-corrected chi connectivity index (χ0v) is 14.0. The molecule has 0 aliphatic heterocycles. The van der Waals surface area contributed by atoms with Crippen LogP contribution in [-0.4, -0.2) is 24.5 Å². The van der Waals surface area contributed by atoms with Crippen LogP contribution in [0.5, 0.6) is 0 Å². The van der Waals surface area contributed by atoms with E-state index in [-0.39, 0.29) is 12.4 Å². The van der Waals surface area contributed by atoms with Gasteiger partial charge in [-0.1, -0.05) is 6.07 Å². The Balaban J connectivity index is 0.00000182. The molecule has 0 saturated carbocycles. The molecule has 0 bridgehead atoms. The Morgan fingerprint density at radius 3 is 2.56 bits per heavy atom. The zero-order chi connectivity index (χ0) is 16.2. The highest BCUT2D eigenvalue weighted by Gasteiger charge is 2.04. The van der Waals surface area contributed by atoms with E-state index < -0.39 is 0 Å². The van der Waals surface area contributed by atoms with Gasteiger partial charge >= 0.3 is 0 Å². The predicted octanol–water partition coefficient (Wildman–Crippen LogP) is 3.89. The quantitative estimate of drug-likeness (QED) is 0.604. The molecular weight excluding hydrogens is 336 g/mol. The lowest BCUT2D eigenvalue weighted by Gasteiger charge is -2.08. The predicted molar refractivity (Wildman–Crippen MR) is 99.4 cm³/mol. The number of anilines is 2. The fraction of sp³-hybridized carbons (Fsp3) is 0. The second-order valence-corrected chi connectivity index (χ2v) is 5.15. The average Bonchev–Trinajstić information content (AvgIpc) is 3.18. The highest BCUT2D eigenvalue weighted by molar-refractivity contribution is 5.85. The molecule has 25 heavy (non-hydrogen) atoms. The van der Waals surface area contributed by atoms with Gasteiger partial charge in [-0.3, -0.25) is 4.98 Å². The van der Waals surface area contributed by atoms with Gasteiger partial charge in [-0.05, 0) is 36.4 Å². The molecule has 3 aromatic heterocycles. The number of benzene rings is 1. The van der Waals surface area contributed by atoms with Crippen molar-refractivity contribution in [1.29, 1.82) is 0 Å². The first kappa shape index (κ1) is 16.6. The number of nitrogens with zero attached hydrogens (tertiary/aromatic N) is 5. The van der Waals surface area contributed by atoms with Crippen molar-refractivity contribution in [3.63, 3.8) is 0 Å². The van der Waals surface area contributed by atoms with Crippen molar-refractivity contribution in [1.82, 2.24) is 24.5 Å². The number of imidazole rings is 1. The number of rotatable bonds is 4. The second-order valence-electron chi connectivity index (χ2n) is 5.15. The molecule has 0 fully saturated rings. The minimum Gasteiger partial charge on any atom is -0.324 e. The second kappa shape index (κ2) is 7.55. The molecule has 124 valence electrons.